The number of hydrogen-bond donors (Lipinski definition) is 0. The first-order valence-corrected chi connectivity index (χ1v) is 7.07. The van der Waals surface area contributed by atoms with Gasteiger partial charge >= 0.3 is 0 Å². The number of rotatable bonds is 2. The Bertz CT molecular complexity index is 471. The number of sulfonamides is 1. The number of aromatic nitrogens is 1. The van der Waals surface area contributed by atoms with Crippen molar-refractivity contribution in [3.63, 3.8) is 0 Å². The van der Waals surface area contributed by atoms with E-state index in [0.717, 1.165) is 24.0 Å². The average Bonchev–Trinajstić information content (AvgIpc) is 2.21. The van der Waals surface area contributed by atoms with Crippen molar-refractivity contribution < 1.29 is 8.42 Å². The third kappa shape index (κ3) is 2.59. The van der Waals surface area contributed by atoms with Crippen LogP contribution in [0.4, 0.5) is 0 Å². The van der Waals surface area contributed by atoms with Gasteiger partial charge in [-0.1, -0.05) is 6.07 Å². The first-order chi connectivity index (χ1) is 7.58. The maximum atomic E-state index is 11.8. The number of nitrogens with zero attached hydrogens (tertiary/aromatic N) is 2. The van der Waals surface area contributed by atoms with Gasteiger partial charge in [0.25, 0.3) is 0 Å². The topological polar surface area (TPSA) is 50.3 Å². The van der Waals surface area contributed by atoms with Crippen molar-refractivity contribution in [2.24, 2.45) is 0 Å². The second-order valence-corrected chi connectivity index (χ2v) is 6.32. The van der Waals surface area contributed by atoms with Crippen molar-refractivity contribution in [2.45, 2.75) is 26.3 Å². The van der Waals surface area contributed by atoms with Crippen LogP contribution in [-0.2, 0) is 16.6 Å². The SMILES string of the molecule is Cc1cncc(CN2CCCCS2(=O)=O)c1. The Morgan fingerprint density at radius 2 is 2.19 bits per heavy atom. The Morgan fingerprint density at radius 1 is 1.38 bits per heavy atom. The Morgan fingerprint density at radius 3 is 2.88 bits per heavy atom. The normalized spacial score (nSPS) is 20.8. The highest BCUT2D eigenvalue weighted by molar-refractivity contribution is 7.89. The lowest BCUT2D eigenvalue weighted by Gasteiger charge is -2.26. The van der Waals surface area contributed by atoms with Crippen molar-refractivity contribution in [3.8, 4) is 0 Å². The van der Waals surface area contributed by atoms with E-state index in [1.165, 1.54) is 0 Å². The molecule has 2 rings (SSSR count). The molecule has 2 heterocycles. The van der Waals surface area contributed by atoms with Crippen LogP contribution in [0.1, 0.15) is 24.0 Å². The monoisotopic (exact) mass is 240 g/mol. The minimum absolute atomic E-state index is 0.284. The molecule has 0 spiro atoms. The molecular weight excluding hydrogens is 224 g/mol. The smallest absolute Gasteiger partial charge is 0.214 e. The molecule has 4 nitrogen and oxygen atoms in total. The lowest BCUT2D eigenvalue weighted by Crippen LogP contribution is -2.37. The molecule has 1 aliphatic heterocycles. The van der Waals surface area contributed by atoms with E-state index in [0.29, 0.717) is 13.1 Å². The summed E-state index contributed by atoms with van der Waals surface area (Å²) in [5, 5.41) is 0. The summed E-state index contributed by atoms with van der Waals surface area (Å²) in [5.41, 5.74) is 2.03. The first kappa shape index (κ1) is 11.5. The van der Waals surface area contributed by atoms with Crippen molar-refractivity contribution in [2.75, 3.05) is 12.3 Å². The molecule has 0 aromatic carbocycles. The third-order valence-corrected chi connectivity index (χ3v) is 4.65. The first-order valence-electron chi connectivity index (χ1n) is 5.46. The average molecular weight is 240 g/mol. The summed E-state index contributed by atoms with van der Waals surface area (Å²) in [6.45, 7) is 3.05. The molecule has 0 bridgehead atoms. The zero-order valence-electron chi connectivity index (χ0n) is 9.39. The van der Waals surface area contributed by atoms with E-state index in [1.807, 2.05) is 13.0 Å². The predicted molar refractivity (Wildman–Crippen MR) is 62.4 cm³/mol. The minimum atomic E-state index is -3.03. The minimum Gasteiger partial charge on any atom is -0.264 e. The highest BCUT2D eigenvalue weighted by atomic mass is 32.2. The summed E-state index contributed by atoms with van der Waals surface area (Å²) in [6, 6.07) is 1.98. The molecule has 1 fully saturated rings. The fourth-order valence-electron chi connectivity index (χ4n) is 1.93. The van der Waals surface area contributed by atoms with Gasteiger partial charge in [-0.15, -0.1) is 0 Å². The molecule has 88 valence electrons. The quantitative estimate of drug-likeness (QED) is 0.783. The molecule has 0 amide bonds. The second kappa shape index (κ2) is 4.51. The van der Waals surface area contributed by atoms with Crippen LogP contribution >= 0.6 is 0 Å². The molecule has 0 N–H and O–H groups in total. The standard InChI is InChI=1S/C11H16N2O2S/c1-10-6-11(8-12-7-10)9-13-4-2-3-5-16(13,14)15/h6-8H,2-5,9H2,1H3. The van der Waals surface area contributed by atoms with E-state index < -0.39 is 10.0 Å². The second-order valence-electron chi connectivity index (χ2n) is 4.23. The van der Waals surface area contributed by atoms with Gasteiger partial charge in [-0.25, -0.2) is 8.42 Å². The zero-order valence-corrected chi connectivity index (χ0v) is 10.2. The molecule has 0 unspecified atom stereocenters. The van der Waals surface area contributed by atoms with E-state index in [9.17, 15) is 8.42 Å². The third-order valence-electron chi connectivity index (χ3n) is 2.74. The van der Waals surface area contributed by atoms with Gasteiger partial charge in [0.15, 0.2) is 0 Å². The van der Waals surface area contributed by atoms with Gasteiger partial charge in [0.2, 0.25) is 10.0 Å². The van der Waals surface area contributed by atoms with E-state index in [1.54, 1.807) is 16.7 Å². The van der Waals surface area contributed by atoms with Crippen LogP contribution < -0.4 is 0 Å². The fourth-order valence-corrected chi connectivity index (χ4v) is 3.51. The van der Waals surface area contributed by atoms with E-state index in [4.69, 9.17) is 0 Å². The summed E-state index contributed by atoms with van der Waals surface area (Å²) in [4.78, 5) is 4.08. The Hall–Kier alpha value is -0.940. The zero-order chi connectivity index (χ0) is 11.6. The van der Waals surface area contributed by atoms with E-state index in [2.05, 4.69) is 4.98 Å². The highest BCUT2D eigenvalue weighted by Crippen LogP contribution is 2.17. The number of pyridine rings is 1. The van der Waals surface area contributed by atoms with Gasteiger partial charge in [0.1, 0.15) is 0 Å². The summed E-state index contributed by atoms with van der Waals surface area (Å²) in [7, 11) is -3.03. The lowest BCUT2D eigenvalue weighted by molar-refractivity contribution is 0.378. The molecule has 1 aromatic heterocycles. The fraction of sp³-hybridized carbons (Fsp3) is 0.545. The van der Waals surface area contributed by atoms with E-state index in [-0.39, 0.29) is 5.75 Å². The molecule has 0 radical (unpaired) electrons. The summed E-state index contributed by atoms with van der Waals surface area (Å²) >= 11 is 0. The van der Waals surface area contributed by atoms with Crippen LogP contribution in [0.3, 0.4) is 0 Å². The van der Waals surface area contributed by atoms with E-state index >= 15 is 0 Å². The largest absolute Gasteiger partial charge is 0.264 e. The molecule has 16 heavy (non-hydrogen) atoms. The molecule has 0 saturated carbocycles. The van der Waals surface area contributed by atoms with Gasteiger partial charge in [0.05, 0.1) is 5.75 Å². The van der Waals surface area contributed by atoms with Crippen molar-refractivity contribution in [1.29, 1.82) is 0 Å². The molecule has 5 heteroatoms. The maximum Gasteiger partial charge on any atom is 0.214 e. The summed E-state index contributed by atoms with van der Waals surface area (Å²) < 4.78 is 25.1. The molecular formula is C11H16N2O2S. The molecule has 1 aromatic rings. The van der Waals surface area contributed by atoms with Crippen molar-refractivity contribution in [3.05, 3.63) is 29.6 Å². The van der Waals surface area contributed by atoms with Crippen LogP contribution in [0.25, 0.3) is 0 Å². The Balaban J connectivity index is 2.15. The van der Waals surface area contributed by atoms with Gasteiger partial charge in [-0.2, -0.15) is 4.31 Å². The van der Waals surface area contributed by atoms with Gasteiger partial charge < -0.3 is 0 Å². The van der Waals surface area contributed by atoms with Gasteiger partial charge in [-0.3, -0.25) is 4.98 Å². The molecule has 0 atom stereocenters. The number of hydrogen-bond acceptors (Lipinski definition) is 3. The van der Waals surface area contributed by atoms with Crippen molar-refractivity contribution in [1.82, 2.24) is 9.29 Å². The van der Waals surface area contributed by atoms with Crippen LogP contribution in [0.2, 0.25) is 0 Å². The molecule has 1 aliphatic rings. The van der Waals surface area contributed by atoms with Crippen LogP contribution in [0, 0.1) is 6.92 Å². The summed E-state index contributed by atoms with van der Waals surface area (Å²) in [6.07, 6.45) is 5.24. The van der Waals surface area contributed by atoms with Gasteiger partial charge in [-0.05, 0) is 30.9 Å². The summed E-state index contributed by atoms with van der Waals surface area (Å²) in [5.74, 6) is 0.284. The molecule has 0 aliphatic carbocycles. The van der Waals surface area contributed by atoms with Crippen molar-refractivity contribution >= 4 is 10.0 Å². The van der Waals surface area contributed by atoms with Crippen LogP contribution in [0.5, 0.6) is 0 Å². The van der Waals surface area contributed by atoms with Crippen LogP contribution in [-0.4, -0.2) is 30.0 Å². The maximum absolute atomic E-state index is 11.8. The van der Waals surface area contributed by atoms with Gasteiger partial charge in [0, 0.05) is 25.5 Å². The predicted octanol–water partition coefficient (Wildman–Crippen LogP) is 1.32. The highest BCUT2D eigenvalue weighted by Gasteiger charge is 2.25. The Labute approximate surface area is 96.4 Å². The number of aryl methyl sites for hydroxylation is 1. The lowest BCUT2D eigenvalue weighted by atomic mass is 10.2. The molecule has 1 saturated heterocycles. The Kier molecular flexibility index (Phi) is 3.25. The van der Waals surface area contributed by atoms with Crippen LogP contribution in [0.15, 0.2) is 18.5 Å².